The molecule has 0 aliphatic carbocycles. The van der Waals surface area contributed by atoms with Crippen LogP contribution in [-0.4, -0.2) is 43.4 Å². The third-order valence-corrected chi connectivity index (χ3v) is 5.18. The van der Waals surface area contributed by atoms with Crippen LogP contribution in [0.15, 0.2) is 48.5 Å². The van der Waals surface area contributed by atoms with Crippen molar-refractivity contribution in [2.75, 3.05) is 37.6 Å². The molecule has 5 heteroatoms. The van der Waals surface area contributed by atoms with E-state index in [-0.39, 0.29) is 5.78 Å². The molecule has 25 heavy (non-hydrogen) atoms. The Balaban J connectivity index is 1.41. The minimum absolute atomic E-state index is 0.186. The first kappa shape index (κ1) is 18.2. The lowest BCUT2D eigenvalue weighted by Gasteiger charge is -2.36. The van der Waals surface area contributed by atoms with Crippen molar-refractivity contribution in [3.05, 3.63) is 64.1 Å². The Morgan fingerprint density at radius 2 is 1.60 bits per heavy atom. The average molecular weight is 377 g/mol. The number of hydrogen-bond acceptors (Lipinski definition) is 3. The molecule has 1 aliphatic heterocycles. The van der Waals surface area contributed by atoms with Crippen molar-refractivity contribution in [2.24, 2.45) is 0 Å². The summed E-state index contributed by atoms with van der Waals surface area (Å²) in [5.74, 6) is 0.186. The minimum Gasteiger partial charge on any atom is -0.368 e. The fourth-order valence-electron chi connectivity index (χ4n) is 3.16. The van der Waals surface area contributed by atoms with E-state index in [1.54, 1.807) is 24.3 Å². The zero-order chi connectivity index (χ0) is 17.6. The van der Waals surface area contributed by atoms with Crippen LogP contribution in [0.25, 0.3) is 0 Å². The summed E-state index contributed by atoms with van der Waals surface area (Å²) < 4.78 is 0. The van der Waals surface area contributed by atoms with Gasteiger partial charge in [-0.05, 0) is 49.4 Å². The number of benzene rings is 2. The molecule has 0 radical (unpaired) electrons. The first-order valence-electron chi connectivity index (χ1n) is 8.64. The lowest BCUT2D eigenvalue weighted by atomic mass is 10.1. The second-order valence-electron chi connectivity index (χ2n) is 6.31. The van der Waals surface area contributed by atoms with Crippen molar-refractivity contribution >= 4 is 34.7 Å². The monoisotopic (exact) mass is 376 g/mol. The first-order chi connectivity index (χ1) is 12.1. The Morgan fingerprint density at radius 3 is 2.28 bits per heavy atom. The van der Waals surface area contributed by atoms with E-state index in [2.05, 4.69) is 15.9 Å². The van der Waals surface area contributed by atoms with E-state index in [9.17, 15) is 4.79 Å². The molecule has 0 spiro atoms. The molecule has 0 amide bonds. The Hall–Kier alpha value is -1.55. The van der Waals surface area contributed by atoms with Crippen LogP contribution in [0.5, 0.6) is 0 Å². The molecular formula is C20H22Cl2N2O. The van der Waals surface area contributed by atoms with E-state index in [4.69, 9.17) is 23.2 Å². The molecule has 1 saturated heterocycles. The number of para-hydroxylation sites is 1. The van der Waals surface area contributed by atoms with Crippen molar-refractivity contribution in [1.29, 1.82) is 0 Å². The van der Waals surface area contributed by atoms with Crippen LogP contribution in [0.2, 0.25) is 10.0 Å². The molecular weight excluding hydrogens is 355 g/mol. The number of Topliss-reactive ketones (excluding diaryl/α,β-unsaturated/α-hetero) is 1. The number of ketones is 1. The first-order valence-corrected chi connectivity index (χ1v) is 9.40. The van der Waals surface area contributed by atoms with E-state index in [1.807, 2.05) is 18.2 Å². The van der Waals surface area contributed by atoms with E-state index >= 15 is 0 Å². The molecule has 0 N–H and O–H groups in total. The van der Waals surface area contributed by atoms with Crippen LogP contribution in [0.1, 0.15) is 23.2 Å². The molecule has 0 saturated carbocycles. The van der Waals surface area contributed by atoms with Crippen LogP contribution in [0, 0.1) is 0 Å². The van der Waals surface area contributed by atoms with Crippen molar-refractivity contribution < 1.29 is 4.79 Å². The van der Waals surface area contributed by atoms with Crippen LogP contribution in [-0.2, 0) is 0 Å². The Labute approximate surface area is 159 Å². The predicted molar refractivity (Wildman–Crippen MR) is 105 cm³/mol. The maximum absolute atomic E-state index is 12.2. The Morgan fingerprint density at radius 1 is 0.920 bits per heavy atom. The van der Waals surface area contributed by atoms with Crippen LogP contribution in [0.4, 0.5) is 5.69 Å². The molecule has 132 valence electrons. The molecule has 0 atom stereocenters. The summed E-state index contributed by atoms with van der Waals surface area (Å²) in [6.07, 6.45) is 1.46. The third kappa shape index (κ3) is 4.97. The fourth-order valence-corrected chi connectivity index (χ4v) is 3.55. The zero-order valence-corrected chi connectivity index (χ0v) is 15.6. The predicted octanol–water partition coefficient (Wildman–Crippen LogP) is 4.78. The Kier molecular flexibility index (Phi) is 6.35. The summed E-state index contributed by atoms with van der Waals surface area (Å²) in [7, 11) is 0. The fraction of sp³-hybridized carbons (Fsp3) is 0.350. The summed E-state index contributed by atoms with van der Waals surface area (Å²) in [5.41, 5.74) is 1.86. The van der Waals surface area contributed by atoms with Crippen molar-refractivity contribution in [1.82, 2.24) is 4.90 Å². The van der Waals surface area contributed by atoms with Gasteiger partial charge in [0.1, 0.15) is 0 Å². The minimum atomic E-state index is 0.186. The van der Waals surface area contributed by atoms with Gasteiger partial charge in [-0.15, -0.1) is 0 Å². The van der Waals surface area contributed by atoms with E-state index in [1.165, 1.54) is 0 Å². The second kappa shape index (κ2) is 8.70. The average Bonchev–Trinajstić information content (AvgIpc) is 2.63. The number of piperazine rings is 1. The molecule has 0 unspecified atom stereocenters. The number of halogens is 2. The number of rotatable bonds is 6. The molecule has 1 fully saturated rings. The molecule has 3 nitrogen and oxygen atoms in total. The number of carbonyl (C=O) groups is 1. The highest BCUT2D eigenvalue weighted by atomic mass is 35.5. The third-order valence-electron chi connectivity index (χ3n) is 4.61. The molecule has 0 bridgehead atoms. The SMILES string of the molecule is O=C(CCCN1CCN(c2ccccc2Cl)CC1)c1ccc(Cl)cc1. The molecule has 1 heterocycles. The van der Waals surface area contributed by atoms with Gasteiger partial charge in [-0.25, -0.2) is 0 Å². The number of hydrogen-bond donors (Lipinski definition) is 0. The topological polar surface area (TPSA) is 23.6 Å². The van der Waals surface area contributed by atoms with Crippen molar-refractivity contribution in [3.63, 3.8) is 0 Å². The normalized spacial score (nSPS) is 15.4. The lowest BCUT2D eigenvalue weighted by Crippen LogP contribution is -2.46. The number of carbonyl (C=O) groups excluding carboxylic acids is 1. The second-order valence-corrected chi connectivity index (χ2v) is 7.16. The summed E-state index contributed by atoms with van der Waals surface area (Å²) in [6.45, 7) is 4.89. The van der Waals surface area contributed by atoms with Gasteiger partial charge in [-0.2, -0.15) is 0 Å². The maximum atomic E-state index is 12.2. The summed E-state index contributed by atoms with van der Waals surface area (Å²) in [4.78, 5) is 16.9. The van der Waals surface area contributed by atoms with E-state index in [0.717, 1.165) is 55.4 Å². The summed E-state index contributed by atoms with van der Waals surface area (Å²) >= 11 is 12.1. The summed E-state index contributed by atoms with van der Waals surface area (Å²) in [6, 6.07) is 15.1. The summed E-state index contributed by atoms with van der Waals surface area (Å²) in [5, 5.41) is 1.47. The van der Waals surface area contributed by atoms with Crippen molar-refractivity contribution in [2.45, 2.75) is 12.8 Å². The van der Waals surface area contributed by atoms with Gasteiger partial charge in [-0.3, -0.25) is 9.69 Å². The highest BCUT2D eigenvalue weighted by Gasteiger charge is 2.18. The number of anilines is 1. The standard InChI is InChI=1S/C20H22Cl2N2O/c21-17-9-7-16(8-10-17)20(25)6-3-11-23-12-14-24(15-13-23)19-5-2-1-4-18(19)22/h1-2,4-5,7-10H,3,6,11-15H2. The maximum Gasteiger partial charge on any atom is 0.162 e. The van der Waals surface area contributed by atoms with Gasteiger partial charge in [0.15, 0.2) is 5.78 Å². The van der Waals surface area contributed by atoms with Crippen LogP contribution >= 0.6 is 23.2 Å². The molecule has 0 aromatic heterocycles. The van der Waals surface area contributed by atoms with Crippen LogP contribution in [0.3, 0.4) is 0 Å². The molecule has 3 rings (SSSR count). The van der Waals surface area contributed by atoms with Gasteiger partial charge in [0.25, 0.3) is 0 Å². The largest absolute Gasteiger partial charge is 0.368 e. The Bertz CT molecular complexity index is 710. The smallest absolute Gasteiger partial charge is 0.162 e. The molecule has 2 aromatic carbocycles. The highest BCUT2D eigenvalue weighted by molar-refractivity contribution is 6.33. The van der Waals surface area contributed by atoms with Gasteiger partial charge in [0.2, 0.25) is 0 Å². The van der Waals surface area contributed by atoms with Crippen LogP contribution < -0.4 is 4.90 Å². The molecule has 1 aliphatic rings. The molecule has 2 aromatic rings. The quantitative estimate of drug-likeness (QED) is 0.677. The van der Waals surface area contributed by atoms with Gasteiger partial charge in [-0.1, -0.05) is 35.3 Å². The van der Waals surface area contributed by atoms with Crippen molar-refractivity contribution in [3.8, 4) is 0 Å². The zero-order valence-electron chi connectivity index (χ0n) is 14.1. The number of nitrogens with zero attached hydrogens (tertiary/aromatic N) is 2. The van der Waals surface area contributed by atoms with E-state index in [0.29, 0.717) is 11.4 Å². The van der Waals surface area contributed by atoms with Gasteiger partial charge < -0.3 is 4.90 Å². The lowest BCUT2D eigenvalue weighted by molar-refractivity contribution is 0.0974. The van der Waals surface area contributed by atoms with Gasteiger partial charge in [0, 0.05) is 43.2 Å². The van der Waals surface area contributed by atoms with Gasteiger partial charge >= 0.3 is 0 Å². The highest BCUT2D eigenvalue weighted by Crippen LogP contribution is 2.26. The van der Waals surface area contributed by atoms with Gasteiger partial charge in [0.05, 0.1) is 10.7 Å². The van der Waals surface area contributed by atoms with E-state index < -0.39 is 0 Å².